The van der Waals surface area contributed by atoms with E-state index in [4.69, 9.17) is 10.6 Å². The molecule has 0 amide bonds. The molecular formula is C8H14N4O. The first kappa shape index (κ1) is 9.88. The fourth-order valence-corrected chi connectivity index (χ4v) is 0.825. The third-order valence-electron chi connectivity index (χ3n) is 1.45. The fraction of sp³-hybridized carbons (Fsp3) is 0.500. The summed E-state index contributed by atoms with van der Waals surface area (Å²) in [6, 6.07) is 0. The van der Waals surface area contributed by atoms with E-state index >= 15 is 0 Å². The number of hydrogen-bond acceptors (Lipinski definition) is 5. The van der Waals surface area contributed by atoms with Gasteiger partial charge in [-0.25, -0.2) is 10.8 Å². The molecule has 0 saturated carbocycles. The Labute approximate surface area is 77.3 Å². The molecule has 0 aromatic carbocycles. The number of anilines is 1. The van der Waals surface area contributed by atoms with Crippen LogP contribution in [0.3, 0.4) is 0 Å². The Hall–Kier alpha value is -1.20. The summed E-state index contributed by atoms with van der Waals surface area (Å²) < 4.78 is 5.29. The highest BCUT2D eigenvalue weighted by Gasteiger charge is 1.95. The lowest BCUT2D eigenvalue weighted by molar-refractivity contribution is 0.118. The summed E-state index contributed by atoms with van der Waals surface area (Å²) in [5.74, 6) is 5.69. The first-order chi connectivity index (χ1) is 6.36. The van der Waals surface area contributed by atoms with Gasteiger partial charge in [-0.1, -0.05) is 6.92 Å². The number of hydrazine groups is 1. The maximum Gasteiger partial charge on any atom is 0.158 e. The third-order valence-corrected chi connectivity index (χ3v) is 1.45. The van der Waals surface area contributed by atoms with E-state index in [1.54, 1.807) is 12.4 Å². The van der Waals surface area contributed by atoms with E-state index in [1.807, 2.05) is 0 Å². The Morgan fingerprint density at radius 1 is 1.46 bits per heavy atom. The average molecular weight is 182 g/mol. The molecule has 0 spiro atoms. The molecule has 0 bridgehead atoms. The number of nitrogens with one attached hydrogen (secondary N) is 1. The van der Waals surface area contributed by atoms with Gasteiger partial charge in [0, 0.05) is 6.61 Å². The van der Waals surface area contributed by atoms with E-state index in [1.165, 1.54) is 0 Å². The summed E-state index contributed by atoms with van der Waals surface area (Å²) in [7, 11) is 0. The molecule has 0 aliphatic rings. The van der Waals surface area contributed by atoms with Crippen molar-refractivity contribution in [3.8, 4) is 0 Å². The Bertz CT molecular complexity index is 236. The standard InChI is InChI=1S/C8H14N4O/c1-2-3-13-6-7-4-11-8(12-9)5-10-7/h4-5H,2-3,6,9H2,1H3,(H,11,12). The van der Waals surface area contributed by atoms with E-state index in [9.17, 15) is 0 Å². The van der Waals surface area contributed by atoms with Crippen LogP contribution in [0.2, 0.25) is 0 Å². The number of aromatic nitrogens is 2. The van der Waals surface area contributed by atoms with Crippen molar-refractivity contribution in [3.63, 3.8) is 0 Å². The highest BCUT2D eigenvalue weighted by Crippen LogP contribution is 2.00. The van der Waals surface area contributed by atoms with Gasteiger partial charge in [-0.15, -0.1) is 0 Å². The van der Waals surface area contributed by atoms with Crippen molar-refractivity contribution in [3.05, 3.63) is 18.1 Å². The number of nitrogen functional groups attached to an aromatic ring is 1. The van der Waals surface area contributed by atoms with Crippen molar-refractivity contribution in [1.82, 2.24) is 9.97 Å². The summed E-state index contributed by atoms with van der Waals surface area (Å²) in [5.41, 5.74) is 3.22. The number of rotatable bonds is 5. The molecule has 13 heavy (non-hydrogen) atoms. The van der Waals surface area contributed by atoms with Crippen molar-refractivity contribution in [2.45, 2.75) is 20.0 Å². The van der Waals surface area contributed by atoms with Crippen molar-refractivity contribution in [1.29, 1.82) is 0 Å². The normalized spacial score (nSPS) is 10.0. The predicted molar refractivity (Wildman–Crippen MR) is 49.8 cm³/mol. The van der Waals surface area contributed by atoms with Gasteiger partial charge in [-0.3, -0.25) is 4.98 Å². The zero-order valence-electron chi connectivity index (χ0n) is 7.66. The summed E-state index contributed by atoms with van der Waals surface area (Å²) in [6.07, 6.45) is 4.23. The molecule has 5 nitrogen and oxygen atoms in total. The van der Waals surface area contributed by atoms with Crippen LogP contribution in [0, 0.1) is 0 Å². The van der Waals surface area contributed by atoms with Gasteiger partial charge in [0.05, 0.1) is 24.7 Å². The minimum absolute atomic E-state index is 0.506. The van der Waals surface area contributed by atoms with E-state index in [0.29, 0.717) is 12.4 Å². The molecule has 5 heteroatoms. The maximum absolute atomic E-state index is 5.29. The van der Waals surface area contributed by atoms with Crippen LogP contribution in [0.4, 0.5) is 5.82 Å². The minimum Gasteiger partial charge on any atom is -0.375 e. The Balaban J connectivity index is 2.40. The first-order valence-corrected chi connectivity index (χ1v) is 4.22. The van der Waals surface area contributed by atoms with E-state index in [-0.39, 0.29) is 0 Å². The Kier molecular flexibility index (Phi) is 4.14. The minimum atomic E-state index is 0.506. The first-order valence-electron chi connectivity index (χ1n) is 4.22. The number of hydrogen-bond donors (Lipinski definition) is 2. The van der Waals surface area contributed by atoms with Crippen LogP contribution >= 0.6 is 0 Å². The molecule has 1 rings (SSSR count). The second kappa shape index (κ2) is 5.45. The van der Waals surface area contributed by atoms with Crippen LogP contribution in [0.15, 0.2) is 12.4 Å². The molecule has 1 heterocycles. The van der Waals surface area contributed by atoms with E-state index < -0.39 is 0 Å². The number of nitrogens with two attached hydrogens (primary N) is 1. The molecule has 1 aromatic rings. The molecule has 1 aromatic heterocycles. The Morgan fingerprint density at radius 3 is 2.85 bits per heavy atom. The molecular weight excluding hydrogens is 168 g/mol. The highest BCUT2D eigenvalue weighted by molar-refractivity contribution is 5.28. The zero-order valence-corrected chi connectivity index (χ0v) is 7.66. The van der Waals surface area contributed by atoms with Crippen LogP contribution in [0.1, 0.15) is 19.0 Å². The second-order valence-electron chi connectivity index (χ2n) is 2.59. The molecule has 3 N–H and O–H groups in total. The average Bonchev–Trinajstić information content (AvgIpc) is 2.19. The molecule has 0 unspecified atom stereocenters. The van der Waals surface area contributed by atoms with Crippen LogP contribution in [-0.4, -0.2) is 16.6 Å². The summed E-state index contributed by atoms with van der Waals surface area (Å²) in [6.45, 7) is 3.32. The van der Waals surface area contributed by atoms with E-state index in [0.717, 1.165) is 18.7 Å². The molecule has 0 aliphatic carbocycles. The number of nitrogens with zero attached hydrogens (tertiary/aromatic N) is 2. The SMILES string of the molecule is CCCOCc1cnc(NN)cn1. The molecule has 0 fully saturated rings. The second-order valence-corrected chi connectivity index (χ2v) is 2.59. The lowest BCUT2D eigenvalue weighted by Gasteiger charge is -2.02. The molecule has 0 atom stereocenters. The van der Waals surface area contributed by atoms with Crippen LogP contribution < -0.4 is 11.3 Å². The van der Waals surface area contributed by atoms with Gasteiger partial charge in [0.15, 0.2) is 5.82 Å². The van der Waals surface area contributed by atoms with Gasteiger partial charge in [0.1, 0.15) is 0 Å². The molecule has 0 saturated heterocycles. The van der Waals surface area contributed by atoms with E-state index in [2.05, 4.69) is 22.3 Å². The lowest BCUT2D eigenvalue weighted by atomic mass is 10.4. The van der Waals surface area contributed by atoms with Crippen molar-refractivity contribution < 1.29 is 4.74 Å². The predicted octanol–water partition coefficient (Wildman–Crippen LogP) is 0.689. The van der Waals surface area contributed by atoms with Gasteiger partial charge >= 0.3 is 0 Å². The van der Waals surface area contributed by atoms with Crippen LogP contribution in [-0.2, 0) is 11.3 Å². The van der Waals surface area contributed by atoms with Crippen LogP contribution in [0.25, 0.3) is 0 Å². The smallest absolute Gasteiger partial charge is 0.158 e. The molecule has 72 valence electrons. The number of ether oxygens (including phenoxy) is 1. The quantitative estimate of drug-likeness (QED) is 0.398. The zero-order chi connectivity index (χ0) is 9.52. The summed E-state index contributed by atoms with van der Waals surface area (Å²) in [4.78, 5) is 8.09. The van der Waals surface area contributed by atoms with Gasteiger partial charge in [-0.05, 0) is 6.42 Å². The Morgan fingerprint density at radius 2 is 2.31 bits per heavy atom. The van der Waals surface area contributed by atoms with Gasteiger partial charge < -0.3 is 10.2 Å². The van der Waals surface area contributed by atoms with Gasteiger partial charge in [-0.2, -0.15) is 0 Å². The summed E-state index contributed by atoms with van der Waals surface area (Å²) in [5, 5.41) is 0. The topological polar surface area (TPSA) is 73.1 Å². The lowest BCUT2D eigenvalue weighted by Crippen LogP contribution is -2.09. The van der Waals surface area contributed by atoms with Crippen molar-refractivity contribution in [2.24, 2.45) is 5.84 Å². The van der Waals surface area contributed by atoms with Gasteiger partial charge in [0.2, 0.25) is 0 Å². The van der Waals surface area contributed by atoms with Crippen molar-refractivity contribution >= 4 is 5.82 Å². The fourth-order valence-electron chi connectivity index (χ4n) is 0.825. The largest absolute Gasteiger partial charge is 0.375 e. The maximum atomic E-state index is 5.29. The molecule has 0 aliphatic heterocycles. The summed E-state index contributed by atoms with van der Waals surface area (Å²) >= 11 is 0. The van der Waals surface area contributed by atoms with Gasteiger partial charge in [0.25, 0.3) is 0 Å². The third kappa shape index (κ3) is 3.35. The van der Waals surface area contributed by atoms with Crippen molar-refractivity contribution in [2.75, 3.05) is 12.0 Å². The highest BCUT2D eigenvalue weighted by atomic mass is 16.5. The molecule has 0 radical (unpaired) electrons. The van der Waals surface area contributed by atoms with Crippen LogP contribution in [0.5, 0.6) is 0 Å². The monoisotopic (exact) mass is 182 g/mol.